The van der Waals surface area contributed by atoms with Crippen molar-refractivity contribution in [1.29, 1.82) is 0 Å². The lowest BCUT2D eigenvalue weighted by atomic mass is 10.2. The van der Waals surface area contributed by atoms with E-state index in [9.17, 15) is 4.79 Å². The minimum atomic E-state index is -0.354. The zero-order valence-electron chi connectivity index (χ0n) is 19.3. The first-order valence-corrected chi connectivity index (χ1v) is 11.0. The van der Waals surface area contributed by atoms with Gasteiger partial charge in [-0.3, -0.25) is 4.79 Å². The quantitative estimate of drug-likeness (QED) is 0.236. The van der Waals surface area contributed by atoms with Crippen LogP contribution in [0.4, 0.5) is 11.4 Å². The molecule has 1 heterocycles. The number of hydrogen-bond acceptors (Lipinski definition) is 5. The van der Waals surface area contributed by atoms with Crippen molar-refractivity contribution in [2.24, 2.45) is 4.99 Å². The zero-order chi connectivity index (χ0) is 22.8. The van der Waals surface area contributed by atoms with Crippen LogP contribution in [-0.4, -0.2) is 44.8 Å². The molecule has 3 N–H and O–H groups in total. The Bertz CT molecular complexity index is 932. The Morgan fingerprint density at radius 3 is 2.64 bits per heavy atom. The predicted octanol–water partition coefficient (Wildman–Crippen LogP) is 4.41. The van der Waals surface area contributed by atoms with Gasteiger partial charge in [0.2, 0.25) is 0 Å². The minimum Gasteiger partial charge on any atom is -0.493 e. The number of methoxy groups -OCH3 is 1. The smallest absolute Gasteiger partial charge is 0.253 e. The molecule has 0 radical (unpaired) electrons. The van der Waals surface area contributed by atoms with Gasteiger partial charge in [-0.25, -0.2) is 4.99 Å². The number of guanidine groups is 1. The number of carbonyl (C=O) groups is 1. The van der Waals surface area contributed by atoms with Crippen LogP contribution in [-0.2, 0) is 16.1 Å². The van der Waals surface area contributed by atoms with Crippen LogP contribution in [0.5, 0.6) is 11.5 Å². The number of nitrogens with one attached hydrogen (secondary N) is 3. The Hall–Kier alpha value is -2.53. The number of benzene rings is 2. The first kappa shape index (κ1) is 26.7. The second kappa shape index (κ2) is 13.9. The van der Waals surface area contributed by atoms with Gasteiger partial charge in [0.15, 0.2) is 17.5 Å². The molecule has 0 spiro atoms. The van der Waals surface area contributed by atoms with Gasteiger partial charge in [-0.05, 0) is 56.5 Å². The predicted molar refractivity (Wildman–Crippen MR) is 142 cm³/mol. The van der Waals surface area contributed by atoms with E-state index >= 15 is 0 Å². The lowest BCUT2D eigenvalue weighted by molar-refractivity contribution is -0.124. The van der Waals surface area contributed by atoms with E-state index in [1.165, 1.54) is 0 Å². The van der Waals surface area contributed by atoms with Crippen molar-refractivity contribution in [2.75, 3.05) is 37.5 Å². The highest BCUT2D eigenvalue weighted by Crippen LogP contribution is 2.30. The normalized spacial score (nSPS) is 15.4. The van der Waals surface area contributed by atoms with Gasteiger partial charge >= 0.3 is 0 Å². The van der Waals surface area contributed by atoms with Crippen LogP contribution in [0.1, 0.15) is 32.3 Å². The summed E-state index contributed by atoms with van der Waals surface area (Å²) in [5, 5.41) is 9.47. The Labute approximate surface area is 212 Å². The van der Waals surface area contributed by atoms with Crippen molar-refractivity contribution in [1.82, 2.24) is 5.32 Å². The maximum absolute atomic E-state index is 12.3. The minimum absolute atomic E-state index is 0. The molecule has 1 unspecified atom stereocenters. The van der Waals surface area contributed by atoms with Gasteiger partial charge in [0.25, 0.3) is 5.91 Å². The molecule has 0 aromatic heterocycles. The van der Waals surface area contributed by atoms with Crippen LogP contribution < -0.4 is 25.4 Å². The van der Waals surface area contributed by atoms with Gasteiger partial charge in [0.1, 0.15) is 6.10 Å². The van der Waals surface area contributed by atoms with E-state index in [4.69, 9.17) is 14.2 Å². The summed E-state index contributed by atoms with van der Waals surface area (Å²) in [4.78, 5) is 17.0. The van der Waals surface area contributed by atoms with Crippen LogP contribution in [0, 0.1) is 0 Å². The molecule has 3 rings (SSSR count). The molecule has 2 aromatic carbocycles. The van der Waals surface area contributed by atoms with Crippen LogP contribution >= 0.6 is 24.0 Å². The Kier molecular flexibility index (Phi) is 11.2. The number of amides is 1. The molecular weight excluding hydrogens is 535 g/mol. The second-order valence-corrected chi connectivity index (χ2v) is 7.31. The highest BCUT2D eigenvalue weighted by Gasteiger charge is 2.23. The third kappa shape index (κ3) is 8.08. The Morgan fingerprint density at radius 2 is 1.94 bits per heavy atom. The summed E-state index contributed by atoms with van der Waals surface area (Å²) >= 11 is 0. The summed E-state index contributed by atoms with van der Waals surface area (Å²) in [6.07, 6.45) is 1.34. The number of hydrogen-bond donors (Lipinski definition) is 3. The van der Waals surface area contributed by atoms with E-state index in [0.717, 1.165) is 36.3 Å². The highest BCUT2D eigenvalue weighted by atomic mass is 127. The van der Waals surface area contributed by atoms with Crippen molar-refractivity contribution in [3.63, 3.8) is 0 Å². The molecule has 0 bridgehead atoms. The molecule has 0 aliphatic carbocycles. The van der Waals surface area contributed by atoms with E-state index in [1.54, 1.807) is 7.11 Å². The fraction of sp³-hybridized carbons (Fsp3) is 0.417. The van der Waals surface area contributed by atoms with E-state index in [2.05, 4.69) is 20.9 Å². The van der Waals surface area contributed by atoms with Crippen molar-refractivity contribution >= 4 is 47.2 Å². The van der Waals surface area contributed by atoms with Crippen LogP contribution in [0.3, 0.4) is 0 Å². The summed E-state index contributed by atoms with van der Waals surface area (Å²) in [5.41, 5.74) is 2.56. The number of anilines is 2. The average Bonchev–Trinajstić information content (AvgIpc) is 3.34. The molecule has 1 fully saturated rings. The number of halogens is 1. The standard InChI is InChI=1S/C24H32N4O4.HI/c1-4-25-24(28-19-11-12-20(31-5-2)22(15-19)30-3)26-16-17-8-6-9-18(14-17)27-23(29)21-10-7-13-32-21;/h6,8-9,11-12,14-15,21H,4-5,7,10,13,16H2,1-3H3,(H,27,29)(H2,25,26,28);1H. The van der Waals surface area contributed by atoms with Gasteiger partial charge < -0.3 is 30.2 Å². The molecule has 1 aliphatic heterocycles. The molecule has 8 nitrogen and oxygen atoms in total. The lowest BCUT2D eigenvalue weighted by Gasteiger charge is -2.14. The number of rotatable bonds is 9. The van der Waals surface area contributed by atoms with E-state index in [0.29, 0.717) is 37.2 Å². The molecular formula is C24H33IN4O4. The largest absolute Gasteiger partial charge is 0.493 e. The second-order valence-electron chi connectivity index (χ2n) is 7.31. The molecule has 9 heteroatoms. The van der Waals surface area contributed by atoms with E-state index < -0.39 is 0 Å². The van der Waals surface area contributed by atoms with Gasteiger partial charge in [-0.15, -0.1) is 24.0 Å². The topological polar surface area (TPSA) is 93.2 Å². The average molecular weight is 568 g/mol. The summed E-state index contributed by atoms with van der Waals surface area (Å²) in [6, 6.07) is 13.4. The van der Waals surface area contributed by atoms with Crippen molar-refractivity contribution < 1.29 is 19.0 Å². The fourth-order valence-corrected chi connectivity index (χ4v) is 3.39. The third-order valence-corrected chi connectivity index (χ3v) is 4.91. The monoisotopic (exact) mass is 568 g/mol. The third-order valence-electron chi connectivity index (χ3n) is 4.91. The highest BCUT2D eigenvalue weighted by molar-refractivity contribution is 14.0. The fourth-order valence-electron chi connectivity index (χ4n) is 3.39. The summed E-state index contributed by atoms with van der Waals surface area (Å²) < 4.78 is 16.4. The maximum Gasteiger partial charge on any atom is 0.253 e. The Morgan fingerprint density at radius 1 is 1.12 bits per heavy atom. The molecule has 1 aliphatic rings. The lowest BCUT2D eigenvalue weighted by Crippen LogP contribution is -2.30. The molecule has 33 heavy (non-hydrogen) atoms. The zero-order valence-corrected chi connectivity index (χ0v) is 21.7. The van der Waals surface area contributed by atoms with Gasteiger partial charge in [-0.1, -0.05) is 12.1 Å². The number of carbonyl (C=O) groups excluding carboxylic acids is 1. The molecule has 1 saturated heterocycles. The summed E-state index contributed by atoms with van der Waals surface area (Å²) in [7, 11) is 1.62. The number of ether oxygens (including phenoxy) is 3. The summed E-state index contributed by atoms with van der Waals surface area (Å²) in [6.45, 7) is 6.33. The molecule has 2 aromatic rings. The van der Waals surface area contributed by atoms with Crippen LogP contribution in [0.2, 0.25) is 0 Å². The van der Waals surface area contributed by atoms with Gasteiger partial charge in [0, 0.05) is 30.6 Å². The SMILES string of the molecule is CCNC(=NCc1cccc(NC(=O)C2CCCO2)c1)Nc1ccc(OCC)c(OC)c1.I. The Balaban J connectivity index is 0.00000385. The van der Waals surface area contributed by atoms with Crippen molar-refractivity contribution in [3.05, 3.63) is 48.0 Å². The number of nitrogens with zero attached hydrogens (tertiary/aromatic N) is 1. The molecule has 0 saturated carbocycles. The van der Waals surface area contributed by atoms with Crippen LogP contribution in [0.25, 0.3) is 0 Å². The van der Waals surface area contributed by atoms with Crippen LogP contribution in [0.15, 0.2) is 47.5 Å². The molecule has 180 valence electrons. The van der Waals surface area contributed by atoms with Crippen molar-refractivity contribution in [3.8, 4) is 11.5 Å². The molecule has 1 atom stereocenters. The number of aliphatic imine (C=N–C) groups is 1. The summed E-state index contributed by atoms with van der Waals surface area (Å²) in [5.74, 6) is 1.90. The first-order valence-electron chi connectivity index (χ1n) is 11.0. The molecule has 1 amide bonds. The van der Waals surface area contributed by atoms with Crippen molar-refractivity contribution in [2.45, 2.75) is 39.3 Å². The van der Waals surface area contributed by atoms with Gasteiger partial charge in [0.05, 0.1) is 20.3 Å². The first-order chi connectivity index (χ1) is 15.6. The van der Waals surface area contributed by atoms with Gasteiger partial charge in [-0.2, -0.15) is 0 Å². The van der Waals surface area contributed by atoms with E-state index in [-0.39, 0.29) is 36.0 Å². The maximum atomic E-state index is 12.3. The van der Waals surface area contributed by atoms with E-state index in [1.807, 2.05) is 56.3 Å².